The summed E-state index contributed by atoms with van der Waals surface area (Å²) >= 11 is 6.21. The van der Waals surface area contributed by atoms with Crippen molar-refractivity contribution in [1.29, 1.82) is 0 Å². The molecule has 1 atom stereocenters. The Balaban J connectivity index is 2.46. The summed E-state index contributed by atoms with van der Waals surface area (Å²) in [5, 5.41) is 4.82. The Morgan fingerprint density at radius 1 is 1.53 bits per heavy atom. The summed E-state index contributed by atoms with van der Waals surface area (Å²) in [5.41, 5.74) is 4.61. The molecule has 0 amide bonds. The Morgan fingerprint density at radius 2 is 2.32 bits per heavy atom. The van der Waals surface area contributed by atoms with Crippen molar-refractivity contribution in [2.75, 3.05) is 7.11 Å². The number of hydrazine groups is 1. The van der Waals surface area contributed by atoms with Crippen molar-refractivity contribution < 1.29 is 4.74 Å². The smallest absolute Gasteiger partial charge is 0.119 e. The van der Waals surface area contributed by atoms with Crippen LogP contribution in [0.15, 0.2) is 30.5 Å². The normalized spacial score (nSPS) is 12.4. The summed E-state index contributed by atoms with van der Waals surface area (Å²) < 4.78 is 7.06. The fourth-order valence-electron chi connectivity index (χ4n) is 2.07. The number of nitrogens with two attached hydrogens (primary N) is 1. The van der Waals surface area contributed by atoms with E-state index in [9.17, 15) is 0 Å². The third kappa shape index (κ3) is 2.73. The predicted octanol–water partition coefficient (Wildman–Crippen LogP) is 2.12. The molecule has 0 saturated carbocycles. The van der Waals surface area contributed by atoms with E-state index in [0.717, 1.165) is 23.6 Å². The number of nitrogens with one attached hydrogen (secondary N) is 1. The molecule has 0 fully saturated rings. The number of hydrogen-bond donors (Lipinski definition) is 2. The van der Waals surface area contributed by atoms with Crippen LogP contribution in [-0.4, -0.2) is 16.9 Å². The van der Waals surface area contributed by atoms with E-state index >= 15 is 0 Å². The van der Waals surface area contributed by atoms with Gasteiger partial charge in [-0.05, 0) is 24.6 Å². The standard InChI is InChI=1S/C13H17ClN4O/c1-3-18-13(11(14)8-16-18)12(17-15)9-5-4-6-10(7-9)19-2/h4-8,12,17H,3,15H2,1-2H3. The Kier molecular flexibility index (Phi) is 4.42. The van der Waals surface area contributed by atoms with Gasteiger partial charge in [-0.3, -0.25) is 10.5 Å². The highest BCUT2D eigenvalue weighted by molar-refractivity contribution is 6.31. The van der Waals surface area contributed by atoms with Crippen LogP contribution >= 0.6 is 11.6 Å². The predicted molar refractivity (Wildman–Crippen MR) is 75.1 cm³/mol. The average molecular weight is 281 g/mol. The van der Waals surface area contributed by atoms with Crippen LogP contribution in [0.2, 0.25) is 5.02 Å². The van der Waals surface area contributed by atoms with Gasteiger partial charge in [-0.25, -0.2) is 5.43 Å². The van der Waals surface area contributed by atoms with E-state index in [1.54, 1.807) is 13.3 Å². The monoisotopic (exact) mass is 280 g/mol. The van der Waals surface area contributed by atoms with Crippen molar-refractivity contribution in [3.63, 3.8) is 0 Å². The molecule has 5 nitrogen and oxygen atoms in total. The molecule has 0 aliphatic carbocycles. The molecule has 2 aromatic rings. The second kappa shape index (κ2) is 6.06. The van der Waals surface area contributed by atoms with Crippen LogP contribution in [0.25, 0.3) is 0 Å². The number of rotatable bonds is 5. The maximum atomic E-state index is 6.21. The van der Waals surface area contributed by atoms with Crippen molar-refractivity contribution in [2.24, 2.45) is 5.84 Å². The zero-order valence-electron chi connectivity index (χ0n) is 10.9. The SMILES string of the molecule is CCn1ncc(Cl)c1C(NN)c1cccc(OC)c1. The van der Waals surface area contributed by atoms with Gasteiger partial charge in [0.1, 0.15) is 5.75 Å². The first-order chi connectivity index (χ1) is 9.21. The van der Waals surface area contributed by atoms with Gasteiger partial charge in [-0.1, -0.05) is 23.7 Å². The van der Waals surface area contributed by atoms with E-state index in [1.165, 1.54) is 0 Å². The first kappa shape index (κ1) is 13.9. The second-order valence-electron chi connectivity index (χ2n) is 4.07. The van der Waals surface area contributed by atoms with E-state index in [-0.39, 0.29) is 6.04 Å². The maximum absolute atomic E-state index is 6.21. The molecule has 0 radical (unpaired) electrons. The fraction of sp³-hybridized carbons (Fsp3) is 0.308. The van der Waals surface area contributed by atoms with Crippen molar-refractivity contribution in [1.82, 2.24) is 15.2 Å². The topological polar surface area (TPSA) is 65.1 Å². The van der Waals surface area contributed by atoms with E-state index in [2.05, 4.69) is 10.5 Å². The lowest BCUT2D eigenvalue weighted by molar-refractivity contribution is 0.413. The molecule has 102 valence electrons. The molecular weight excluding hydrogens is 264 g/mol. The minimum absolute atomic E-state index is 0.231. The molecule has 0 bridgehead atoms. The number of aryl methyl sites for hydroxylation is 1. The molecule has 0 spiro atoms. The fourth-order valence-corrected chi connectivity index (χ4v) is 2.32. The Bertz CT molecular complexity index is 555. The largest absolute Gasteiger partial charge is 0.497 e. The van der Waals surface area contributed by atoms with Gasteiger partial charge in [-0.15, -0.1) is 0 Å². The zero-order valence-corrected chi connectivity index (χ0v) is 11.7. The number of benzene rings is 1. The summed E-state index contributed by atoms with van der Waals surface area (Å²) in [6.45, 7) is 2.73. The third-order valence-electron chi connectivity index (χ3n) is 3.00. The summed E-state index contributed by atoms with van der Waals surface area (Å²) in [6.07, 6.45) is 1.63. The molecule has 1 aromatic carbocycles. The molecule has 6 heteroatoms. The Morgan fingerprint density at radius 3 is 2.95 bits per heavy atom. The van der Waals surface area contributed by atoms with Crippen LogP contribution in [0.5, 0.6) is 5.75 Å². The molecule has 19 heavy (non-hydrogen) atoms. The van der Waals surface area contributed by atoms with Crippen LogP contribution < -0.4 is 16.0 Å². The van der Waals surface area contributed by atoms with Crippen LogP contribution in [0.4, 0.5) is 0 Å². The van der Waals surface area contributed by atoms with Gasteiger partial charge in [-0.2, -0.15) is 5.10 Å². The van der Waals surface area contributed by atoms with Crippen LogP contribution in [0.3, 0.4) is 0 Å². The van der Waals surface area contributed by atoms with E-state index in [0.29, 0.717) is 5.02 Å². The maximum Gasteiger partial charge on any atom is 0.119 e. The average Bonchev–Trinajstić information content (AvgIpc) is 2.82. The highest BCUT2D eigenvalue weighted by Gasteiger charge is 2.21. The van der Waals surface area contributed by atoms with Crippen LogP contribution in [-0.2, 0) is 6.54 Å². The summed E-state index contributed by atoms with van der Waals surface area (Å²) in [4.78, 5) is 0. The molecular formula is C13H17ClN4O. The molecule has 0 aliphatic rings. The number of nitrogens with zero attached hydrogens (tertiary/aromatic N) is 2. The second-order valence-corrected chi connectivity index (χ2v) is 4.48. The van der Waals surface area contributed by atoms with Gasteiger partial charge >= 0.3 is 0 Å². The lowest BCUT2D eigenvalue weighted by Gasteiger charge is -2.19. The third-order valence-corrected chi connectivity index (χ3v) is 3.29. The van der Waals surface area contributed by atoms with Crippen molar-refractivity contribution in [3.05, 3.63) is 46.7 Å². The summed E-state index contributed by atoms with van der Waals surface area (Å²) in [7, 11) is 1.63. The molecule has 0 aliphatic heterocycles. The van der Waals surface area contributed by atoms with Crippen molar-refractivity contribution in [2.45, 2.75) is 19.5 Å². The zero-order chi connectivity index (χ0) is 13.8. The minimum atomic E-state index is -0.231. The number of aromatic nitrogens is 2. The lowest BCUT2D eigenvalue weighted by atomic mass is 10.0. The highest BCUT2D eigenvalue weighted by Crippen LogP contribution is 2.29. The Hall–Kier alpha value is -1.56. The molecule has 1 heterocycles. The van der Waals surface area contributed by atoms with Gasteiger partial charge < -0.3 is 4.74 Å². The van der Waals surface area contributed by atoms with Gasteiger partial charge in [0.05, 0.1) is 30.1 Å². The lowest BCUT2D eigenvalue weighted by Crippen LogP contribution is -2.31. The van der Waals surface area contributed by atoms with Gasteiger partial charge in [0.15, 0.2) is 0 Å². The number of methoxy groups -OCH3 is 1. The summed E-state index contributed by atoms with van der Waals surface area (Å²) in [6, 6.07) is 7.46. The van der Waals surface area contributed by atoms with Crippen molar-refractivity contribution in [3.8, 4) is 5.75 Å². The highest BCUT2D eigenvalue weighted by atomic mass is 35.5. The van der Waals surface area contributed by atoms with Gasteiger partial charge in [0.2, 0.25) is 0 Å². The van der Waals surface area contributed by atoms with Crippen LogP contribution in [0.1, 0.15) is 24.2 Å². The number of ether oxygens (including phenoxy) is 1. The van der Waals surface area contributed by atoms with Gasteiger partial charge in [0.25, 0.3) is 0 Å². The first-order valence-corrected chi connectivity index (χ1v) is 6.40. The molecule has 2 rings (SSSR count). The molecule has 1 unspecified atom stereocenters. The minimum Gasteiger partial charge on any atom is -0.497 e. The molecule has 0 saturated heterocycles. The number of halogens is 1. The molecule has 1 aromatic heterocycles. The number of hydrogen-bond acceptors (Lipinski definition) is 4. The van der Waals surface area contributed by atoms with Gasteiger partial charge in [0, 0.05) is 6.54 Å². The van der Waals surface area contributed by atoms with E-state index in [1.807, 2.05) is 35.9 Å². The quantitative estimate of drug-likeness (QED) is 0.650. The van der Waals surface area contributed by atoms with Crippen molar-refractivity contribution >= 4 is 11.6 Å². The first-order valence-electron chi connectivity index (χ1n) is 6.02. The summed E-state index contributed by atoms with van der Waals surface area (Å²) in [5.74, 6) is 6.46. The van der Waals surface area contributed by atoms with E-state index in [4.69, 9.17) is 22.2 Å². The molecule has 3 N–H and O–H groups in total. The van der Waals surface area contributed by atoms with Crippen LogP contribution in [0, 0.1) is 0 Å². The van der Waals surface area contributed by atoms with E-state index < -0.39 is 0 Å². The Labute approximate surface area is 117 Å².